The fraction of sp³-hybridized carbons (Fsp3) is 0. The average Bonchev–Trinajstić information content (AvgIpc) is 2.28. The van der Waals surface area contributed by atoms with E-state index in [9.17, 15) is 4.79 Å². The van der Waals surface area contributed by atoms with E-state index in [1.165, 1.54) is 6.07 Å². The molecule has 5 heteroatoms. The first-order valence-electron chi connectivity index (χ1n) is 5.09. The summed E-state index contributed by atoms with van der Waals surface area (Å²) in [5.74, 6) is 0.374. The van der Waals surface area contributed by atoms with Crippen molar-refractivity contribution in [2.24, 2.45) is 5.73 Å². The summed E-state index contributed by atoms with van der Waals surface area (Å²) in [7, 11) is 0. The number of hydrogen-bond donors (Lipinski definition) is 1. The molecule has 1 amide bonds. The number of amides is 1. The van der Waals surface area contributed by atoms with Crippen molar-refractivity contribution in [1.82, 2.24) is 0 Å². The number of carbonyl (C=O) groups is 1. The number of benzene rings is 2. The Labute approximate surface area is 118 Å². The Kier molecular flexibility index (Phi) is 3.89. The highest BCUT2D eigenvalue weighted by molar-refractivity contribution is 9.10. The monoisotopic (exact) mass is 325 g/mol. The Morgan fingerprint density at radius 1 is 1.22 bits per heavy atom. The second-order valence-electron chi connectivity index (χ2n) is 3.56. The van der Waals surface area contributed by atoms with Crippen LogP contribution in [-0.2, 0) is 0 Å². The Balaban J connectivity index is 2.39. The normalized spacial score (nSPS) is 10.1. The van der Waals surface area contributed by atoms with Gasteiger partial charge in [0.1, 0.15) is 11.5 Å². The lowest BCUT2D eigenvalue weighted by atomic mass is 10.2. The van der Waals surface area contributed by atoms with Gasteiger partial charge in [-0.25, -0.2) is 0 Å². The molecule has 0 atom stereocenters. The summed E-state index contributed by atoms with van der Waals surface area (Å²) in [6.07, 6.45) is 0. The lowest BCUT2D eigenvalue weighted by Crippen LogP contribution is -2.12. The molecule has 0 aromatic heterocycles. The lowest BCUT2D eigenvalue weighted by Gasteiger charge is -2.09. The Hall–Kier alpha value is -1.52. The average molecular weight is 327 g/mol. The minimum atomic E-state index is -0.559. The molecule has 0 saturated carbocycles. The van der Waals surface area contributed by atoms with Crippen LogP contribution in [-0.4, -0.2) is 5.91 Å². The molecule has 18 heavy (non-hydrogen) atoms. The smallest absolute Gasteiger partial charge is 0.252 e. The van der Waals surface area contributed by atoms with Crippen molar-refractivity contribution in [2.45, 2.75) is 0 Å². The van der Waals surface area contributed by atoms with Crippen molar-refractivity contribution in [3.05, 3.63) is 57.5 Å². The largest absolute Gasteiger partial charge is 0.456 e. The number of primary amides is 1. The van der Waals surface area contributed by atoms with Crippen LogP contribution in [0.2, 0.25) is 5.02 Å². The maximum Gasteiger partial charge on any atom is 0.252 e. The van der Waals surface area contributed by atoms with Crippen LogP contribution in [0.15, 0.2) is 46.9 Å². The van der Waals surface area contributed by atoms with E-state index >= 15 is 0 Å². The van der Waals surface area contributed by atoms with Crippen LogP contribution in [0, 0.1) is 0 Å². The van der Waals surface area contributed by atoms with Crippen molar-refractivity contribution < 1.29 is 9.53 Å². The highest BCUT2D eigenvalue weighted by atomic mass is 79.9. The standard InChI is InChI=1S/C13H9BrClNO2/c14-8-2-1-3-10(6-8)18-12-7-9(15)4-5-11(12)13(16)17/h1-7H,(H2,16,17). The topological polar surface area (TPSA) is 52.3 Å². The fourth-order valence-electron chi connectivity index (χ4n) is 1.44. The van der Waals surface area contributed by atoms with Crippen LogP contribution in [0.5, 0.6) is 11.5 Å². The molecular weight excluding hydrogens is 318 g/mol. The summed E-state index contributed by atoms with van der Waals surface area (Å²) in [6.45, 7) is 0. The molecular formula is C13H9BrClNO2. The third-order valence-corrected chi connectivity index (χ3v) is 2.96. The first kappa shape index (κ1) is 12.9. The molecule has 0 unspecified atom stereocenters. The van der Waals surface area contributed by atoms with Gasteiger partial charge in [0.05, 0.1) is 5.56 Å². The molecule has 92 valence electrons. The highest BCUT2D eigenvalue weighted by Crippen LogP contribution is 2.29. The van der Waals surface area contributed by atoms with Gasteiger partial charge in [0, 0.05) is 15.6 Å². The van der Waals surface area contributed by atoms with E-state index in [-0.39, 0.29) is 0 Å². The van der Waals surface area contributed by atoms with Crippen molar-refractivity contribution >= 4 is 33.4 Å². The molecule has 0 bridgehead atoms. The van der Waals surface area contributed by atoms with Crippen molar-refractivity contribution in [3.8, 4) is 11.5 Å². The van der Waals surface area contributed by atoms with E-state index in [0.29, 0.717) is 22.1 Å². The summed E-state index contributed by atoms with van der Waals surface area (Å²) in [4.78, 5) is 11.3. The Bertz CT molecular complexity index is 601. The van der Waals surface area contributed by atoms with Gasteiger partial charge >= 0.3 is 0 Å². The first-order valence-corrected chi connectivity index (χ1v) is 6.26. The molecule has 0 radical (unpaired) electrons. The minimum absolute atomic E-state index is 0.291. The molecule has 2 N–H and O–H groups in total. The SMILES string of the molecule is NC(=O)c1ccc(Cl)cc1Oc1cccc(Br)c1. The van der Waals surface area contributed by atoms with Crippen LogP contribution in [0.4, 0.5) is 0 Å². The first-order chi connectivity index (χ1) is 8.56. The zero-order valence-electron chi connectivity index (χ0n) is 9.19. The number of nitrogens with two attached hydrogens (primary N) is 1. The predicted molar refractivity (Wildman–Crippen MR) is 74.2 cm³/mol. The molecule has 0 aliphatic rings. The third kappa shape index (κ3) is 3.03. The molecule has 0 saturated heterocycles. The van der Waals surface area contributed by atoms with E-state index in [0.717, 1.165) is 4.47 Å². The quantitative estimate of drug-likeness (QED) is 0.927. The summed E-state index contributed by atoms with van der Waals surface area (Å²) >= 11 is 9.22. The van der Waals surface area contributed by atoms with Gasteiger partial charge in [-0.15, -0.1) is 0 Å². The van der Waals surface area contributed by atoms with E-state index in [4.69, 9.17) is 22.1 Å². The van der Waals surface area contributed by atoms with Gasteiger partial charge in [0.25, 0.3) is 5.91 Å². The Morgan fingerprint density at radius 3 is 2.67 bits per heavy atom. The van der Waals surface area contributed by atoms with E-state index in [1.54, 1.807) is 24.3 Å². The van der Waals surface area contributed by atoms with Gasteiger partial charge in [-0.1, -0.05) is 33.6 Å². The van der Waals surface area contributed by atoms with Crippen LogP contribution in [0.25, 0.3) is 0 Å². The van der Waals surface area contributed by atoms with Gasteiger partial charge in [-0.2, -0.15) is 0 Å². The van der Waals surface area contributed by atoms with Crippen molar-refractivity contribution in [1.29, 1.82) is 0 Å². The number of halogens is 2. The van der Waals surface area contributed by atoms with Crippen LogP contribution >= 0.6 is 27.5 Å². The molecule has 0 spiro atoms. The molecule has 2 aromatic carbocycles. The number of rotatable bonds is 3. The van der Waals surface area contributed by atoms with Gasteiger partial charge < -0.3 is 10.5 Å². The third-order valence-electron chi connectivity index (χ3n) is 2.23. The van der Waals surface area contributed by atoms with Crippen LogP contribution < -0.4 is 10.5 Å². The van der Waals surface area contributed by atoms with Gasteiger partial charge in [-0.3, -0.25) is 4.79 Å². The Morgan fingerprint density at radius 2 is 2.00 bits per heavy atom. The van der Waals surface area contributed by atoms with E-state index < -0.39 is 5.91 Å². The van der Waals surface area contributed by atoms with Crippen LogP contribution in [0.3, 0.4) is 0 Å². The second kappa shape index (κ2) is 5.42. The molecule has 2 rings (SSSR count). The van der Waals surface area contributed by atoms with Gasteiger partial charge in [0.2, 0.25) is 0 Å². The lowest BCUT2D eigenvalue weighted by molar-refractivity contribution is 0.0998. The molecule has 0 fully saturated rings. The fourth-order valence-corrected chi connectivity index (χ4v) is 1.98. The maximum atomic E-state index is 11.3. The molecule has 0 aliphatic heterocycles. The number of carbonyl (C=O) groups excluding carboxylic acids is 1. The summed E-state index contributed by atoms with van der Waals surface area (Å²) < 4.78 is 6.49. The van der Waals surface area contributed by atoms with E-state index in [2.05, 4.69) is 15.9 Å². The minimum Gasteiger partial charge on any atom is -0.456 e. The number of hydrogen-bond acceptors (Lipinski definition) is 2. The summed E-state index contributed by atoms with van der Waals surface area (Å²) in [6, 6.07) is 12.0. The van der Waals surface area contributed by atoms with Crippen LogP contribution in [0.1, 0.15) is 10.4 Å². The van der Waals surface area contributed by atoms with Gasteiger partial charge in [0.15, 0.2) is 0 Å². The zero-order chi connectivity index (χ0) is 13.1. The van der Waals surface area contributed by atoms with E-state index in [1.807, 2.05) is 12.1 Å². The number of ether oxygens (including phenoxy) is 1. The maximum absolute atomic E-state index is 11.3. The zero-order valence-corrected chi connectivity index (χ0v) is 11.5. The molecule has 3 nitrogen and oxygen atoms in total. The van der Waals surface area contributed by atoms with Gasteiger partial charge in [-0.05, 0) is 30.3 Å². The highest BCUT2D eigenvalue weighted by Gasteiger charge is 2.11. The van der Waals surface area contributed by atoms with Crippen molar-refractivity contribution in [3.63, 3.8) is 0 Å². The molecule has 0 heterocycles. The summed E-state index contributed by atoms with van der Waals surface area (Å²) in [5.41, 5.74) is 5.57. The predicted octanol–water partition coefficient (Wildman–Crippen LogP) is 3.99. The molecule has 0 aliphatic carbocycles. The molecule has 2 aromatic rings. The second-order valence-corrected chi connectivity index (χ2v) is 4.92. The van der Waals surface area contributed by atoms with Crippen molar-refractivity contribution in [2.75, 3.05) is 0 Å². The summed E-state index contributed by atoms with van der Waals surface area (Å²) in [5, 5.41) is 0.477.